The van der Waals surface area contributed by atoms with Crippen LogP contribution < -0.4 is 4.74 Å². The Bertz CT molecular complexity index is 497. The predicted octanol–water partition coefficient (Wildman–Crippen LogP) is 1.21. The monoisotopic (exact) mass is 281 g/mol. The Labute approximate surface area is 118 Å². The Morgan fingerprint density at radius 2 is 1.70 bits per heavy atom. The second-order valence-corrected chi connectivity index (χ2v) is 4.35. The number of rotatable bonds is 5. The Morgan fingerprint density at radius 1 is 1.15 bits per heavy atom. The zero-order valence-corrected chi connectivity index (χ0v) is 12.4. The molecule has 6 nitrogen and oxygen atoms in total. The highest BCUT2D eigenvalue weighted by Gasteiger charge is 2.30. The Hall–Kier alpha value is -2.11. The molecule has 0 radical (unpaired) electrons. The van der Waals surface area contributed by atoms with Gasteiger partial charge in [0.05, 0.1) is 21.3 Å². The van der Waals surface area contributed by atoms with Crippen molar-refractivity contribution in [2.75, 3.05) is 21.3 Å². The lowest BCUT2D eigenvalue weighted by atomic mass is 9.99. The SMILES string of the molecule is COC(=O)C(Cc1ncc(C)c(OC)c1C)C(=O)OC. The number of ether oxygens (including phenoxy) is 3. The lowest BCUT2D eigenvalue weighted by Gasteiger charge is -2.15. The highest BCUT2D eigenvalue weighted by Crippen LogP contribution is 2.25. The number of aromatic nitrogens is 1. The van der Waals surface area contributed by atoms with E-state index in [9.17, 15) is 9.59 Å². The second-order valence-electron chi connectivity index (χ2n) is 4.35. The third-order valence-corrected chi connectivity index (χ3v) is 3.12. The van der Waals surface area contributed by atoms with Crippen molar-refractivity contribution >= 4 is 11.9 Å². The molecule has 0 atom stereocenters. The molecule has 0 bridgehead atoms. The predicted molar refractivity (Wildman–Crippen MR) is 71.5 cm³/mol. The molecule has 110 valence electrons. The van der Waals surface area contributed by atoms with Gasteiger partial charge in [-0.1, -0.05) is 0 Å². The fourth-order valence-electron chi connectivity index (χ4n) is 2.02. The minimum absolute atomic E-state index is 0.113. The van der Waals surface area contributed by atoms with E-state index in [1.807, 2.05) is 13.8 Å². The van der Waals surface area contributed by atoms with Gasteiger partial charge in [0.1, 0.15) is 5.75 Å². The van der Waals surface area contributed by atoms with Crippen molar-refractivity contribution in [3.05, 3.63) is 23.0 Å². The number of nitrogens with zero attached hydrogens (tertiary/aromatic N) is 1. The van der Waals surface area contributed by atoms with E-state index in [1.165, 1.54) is 14.2 Å². The van der Waals surface area contributed by atoms with Crippen LogP contribution in [0.3, 0.4) is 0 Å². The molecule has 0 unspecified atom stereocenters. The van der Waals surface area contributed by atoms with E-state index in [2.05, 4.69) is 14.5 Å². The number of pyridine rings is 1. The summed E-state index contributed by atoms with van der Waals surface area (Å²) in [5.41, 5.74) is 2.29. The molecule has 0 N–H and O–H groups in total. The molecule has 20 heavy (non-hydrogen) atoms. The van der Waals surface area contributed by atoms with Crippen LogP contribution in [0.5, 0.6) is 5.75 Å². The van der Waals surface area contributed by atoms with Gasteiger partial charge in [-0.25, -0.2) is 0 Å². The maximum absolute atomic E-state index is 11.7. The van der Waals surface area contributed by atoms with Crippen LogP contribution in [0.15, 0.2) is 6.20 Å². The maximum Gasteiger partial charge on any atom is 0.320 e. The molecule has 0 fully saturated rings. The summed E-state index contributed by atoms with van der Waals surface area (Å²) in [6, 6.07) is 0. The van der Waals surface area contributed by atoms with Gasteiger partial charge in [-0.2, -0.15) is 0 Å². The molecule has 0 aliphatic rings. The molecular formula is C14H19NO5. The van der Waals surface area contributed by atoms with Gasteiger partial charge in [0.2, 0.25) is 0 Å². The van der Waals surface area contributed by atoms with Gasteiger partial charge in [-0.3, -0.25) is 14.6 Å². The first-order chi connectivity index (χ1) is 9.46. The Balaban J connectivity index is 3.12. The molecule has 6 heteroatoms. The number of aryl methyl sites for hydroxylation is 1. The molecule has 1 aromatic heterocycles. The highest BCUT2D eigenvalue weighted by atomic mass is 16.5. The molecule has 0 aliphatic heterocycles. The van der Waals surface area contributed by atoms with Gasteiger partial charge in [-0.15, -0.1) is 0 Å². The Morgan fingerprint density at radius 3 is 2.15 bits per heavy atom. The van der Waals surface area contributed by atoms with E-state index in [-0.39, 0.29) is 6.42 Å². The van der Waals surface area contributed by atoms with Gasteiger partial charge in [-0.05, 0) is 13.8 Å². The fourth-order valence-corrected chi connectivity index (χ4v) is 2.02. The topological polar surface area (TPSA) is 74.7 Å². The normalized spacial score (nSPS) is 10.3. The van der Waals surface area contributed by atoms with Crippen molar-refractivity contribution in [1.29, 1.82) is 0 Å². The summed E-state index contributed by atoms with van der Waals surface area (Å²) in [4.78, 5) is 27.6. The average Bonchev–Trinajstić information content (AvgIpc) is 2.45. The average molecular weight is 281 g/mol. The van der Waals surface area contributed by atoms with Crippen LogP contribution in [0.2, 0.25) is 0 Å². The number of hydrogen-bond donors (Lipinski definition) is 0. The number of carbonyl (C=O) groups is 2. The van der Waals surface area contributed by atoms with E-state index in [0.717, 1.165) is 11.1 Å². The summed E-state index contributed by atoms with van der Waals surface area (Å²) in [6.45, 7) is 3.71. The largest absolute Gasteiger partial charge is 0.496 e. The van der Waals surface area contributed by atoms with Crippen LogP contribution in [0.1, 0.15) is 16.8 Å². The summed E-state index contributed by atoms with van der Waals surface area (Å²) in [6.07, 6.45) is 1.76. The zero-order valence-electron chi connectivity index (χ0n) is 12.4. The lowest BCUT2D eigenvalue weighted by Crippen LogP contribution is -2.29. The number of esters is 2. The molecule has 1 heterocycles. The van der Waals surface area contributed by atoms with Gasteiger partial charge < -0.3 is 14.2 Å². The van der Waals surface area contributed by atoms with Crippen LogP contribution in [-0.4, -0.2) is 38.3 Å². The minimum atomic E-state index is -1.02. The minimum Gasteiger partial charge on any atom is -0.496 e. The van der Waals surface area contributed by atoms with Gasteiger partial charge >= 0.3 is 11.9 Å². The van der Waals surface area contributed by atoms with Crippen molar-refractivity contribution in [3.63, 3.8) is 0 Å². The molecule has 0 amide bonds. The summed E-state index contributed by atoms with van der Waals surface area (Å²) in [7, 11) is 4.03. The van der Waals surface area contributed by atoms with Gasteiger partial charge in [0, 0.05) is 29.4 Å². The van der Waals surface area contributed by atoms with Crippen LogP contribution in [0.25, 0.3) is 0 Å². The van der Waals surface area contributed by atoms with E-state index in [0.29, 0.717) is 11.4 Å². The molecular weight excluding hydrogens is 262 g/mol. The third kappa shape index (κ3) is 3.26. The second kappa shape index (κ2) is 6.88. The molecule has 0 spiro atoms. The number of methoxy groups -OCH3 is 3. The number of carbonyl (C=O) groups excluding carboxylic acids is 2. The summed E-state index contributed by atoms with van der Waals surface area (Å²) >= 11 is 0. The molecule has 1 aromatic rings. The summed E-state index contributed by atoms with van der Waals surface area (Å²) < 4.78 is 14.6. The van der Waals surface area contributed by atoms with Crippen LogP contribution in [0, 0.1) is 19.8 Å². The molecule has 0 saturated heterocycles. The van der Waals surface area contributed by atoms with Crippen molar-refractivity contribution in [2.45, 2.75) is 20.3 Å². The van der Waals surface area contributed by atoms with Gasteiger partial charge in [0.25, 0.3) is 0 Å². The molecule has 1 rings (SSSR count). The van der Waals surface area contributed by atoms with E-state index >= 15 is 0 Å². The van der Waals surface area contributed by atoms with E-state index in [1.54, 1.807) is 13.3 Å². The van der Waals surface area contributed by atoms with Crippen LogP contribution >= 0.6 is 0 Å². The fraction of sp³-hybridized carbons (Fsp3) is 0.500. The maximum atomic E-state index is 11.7. The summed E-state index contributed by atoms with van der Waals surface area (Å²) in [5.74, 6) is -1.61. The summed E-state index contributed by atoms with van der Waals surface area (Å²) in [5, 5.41) is 0. The van der Waals surface area contributed by atoms with Gasteiger partial charge in [0.15, 0.2) is 5.92 Å². The molecule has 0 aliphatic carbocycles. The van der Waals surface area contributed by atoms with Crippen molar-refractivity contribution < 1.29 is 23.8 Å². The van der Waals surface area contributed by atoms with Crippen molar-refractivity contribution in [2.24, 2.45) is 5.92 Å². The van der Waals surface area contributed by atoms with E-state index in [4.69, 9.17) is 4.74 Å². The van der Waals surface area contributed by atoms with Crippen molar-refractivity contribution in [3.8, 4) is 5.75 Å². The standard InChI is InChI=1S/C14H19NO5/c1-8-7-15-11(9(2)12(8)18-3)6-10(13(16)19-4)14(17)20-5/h7,10H,6H2,1-5H3. The zero-order chi connectivity index (χ0) is 15.3. The third-order valence-electron chi connectivity index (χ3n) is 3.12. The smallest absolute Gasteiger partial charge is 0.320 e. The van der Waals surface area contributed by atoms with Crippen molar-refractivity contribution in [1.82, 2.24) is 4.98 Å². The molecule has 0 saturated carbocycles. The first kappa shape index (κ1) is 15.9. The molecule has 0 aromatic carbocycles. The first-order valence-corrected chi connectivity index (χ1v) is 6.10. The number of hydrogen-bond acceptors (Lipinski definition) is 6. The van der Waals surface area contributed by atoms with E-state index < -0.39 is 17.9 Å². The quantitative estimate of drug-likeness (QED) is 0.596. The van der Waals surface area contributed by atoms with Crippen LogP contribution in [-0.2, 0) is 25.5 Å². The lowest BCUT2D eigenvalue weighted by molar-refractivity contribution is -0.158. The highest BCUT2D eigenvalue weighted by molar-refractivity contribution is 5.95. The first-order valence-electron chi connectivity index (χ1n) is 6.10. The Kier molecular flexibility index (Phi) is 5.49. The van der Waals surface area contributed by atoms with Crippen LogP contribution in [0.4, 0.5) is 0 Å².